The molecule has 0 atom stereocenters. The largest absolute Gasteiger partial charge is 0.310 e. The highest BCUT2D eigenvalue weighted by Gasteiger charge is 2.21. The Morgan fingerprint density at radius 1 is 0.958 bits per heavy atom. The lowest BCUT2D eigenvalue weighted by atomic mass is 9.90. The maximum absolute atomic E-state index is 13.1. The second kappa shape index (κ2) is 7.91. The van der Waals surface area contributed by atoms with Gasteiger partial charge in [-0.3, -0.25) is 0 Å². The van der Waals surface area contributed by atoms with Gasteiger partial charge in [0.1, 0.15) is 5.82 Å². The van der Waals surface area contributed by atoms with Crippen molar-refractivity contribution in [2.75, 3.05) is 14.1 Å². The van der Waals surface area contributed by atoms with E-state index in [-0.39, 0.29) is 5.82 Å². The van der Waals surface area contributed by atoms with Gasteiger partial charge in [-0.15, -0.1) is 0 Å². The Balaban J connectivity index is 1.57. The van der Waals surface area contributed by atoms with Gasteiger partial charge in [-0.2, -0.15) is 0 Å². The van der Waals surface area contributed by atoms with E-state index in [0.717, 1.165) is 23.7 Å². The minimum Gasteiger partial charge on any atom is -0.310 e. The lowest BCUT2D eigenvalue weighted by Crippen LogP contribution is -2.39. The monoisotopic (exact) mass is 326 g/mol. The van der Waals surface area contributed by atoms with Crippen molar-refractivity contribution in [3.05, 3.63) is 59.9 Å². The molecule has 3 heteroatoms. The Kier molecular flexibility index (Phi) is 5.64. The van der Waals surface area contributed by atoms with Gasteiger partial charge in [-0.05, 0) is 74.7 Å². The number of nitrogens with zero attached hydrogens (tertiary/aromatic N) is 1. The zero-order valence-corrected chi connectivity index (χ0v) is 14.6. The Labute approximate surface area is 144 Å². The van der Waals surface area contributed by atoms with Crippen LogP contribution in [0.2, 0.25) is 0 Å². The highest BCUT2D eigenvalue weighted by atomic mass is 19.1. The van der Waals surface area contributed by atoms with Crippen LogP contribution >= 0.6 is 0 Å². The number of hydrogen-bond donors (Lipinski definition) is 1. The Morgan fingerprint density at radius 3 is 2.33 bits per heavy atom. The van der Waals surface area contributed by atoms with Crippen LogP contribution in [0, 0.1) is 5.82 Å². The molecule has 1 saturated carbocycles. The second-order valence-corrected chi connectivity index (χ2v) is 7.06. The highest BCUT2D eigenvalue weighted by molar-refractivity contribution is 5.64. The van der Waals surface area contributed by atoms with Crippen LogP contribution in [0.1, 0.15) is 31.2 Å². The average Bonchev–Trinajstić information content (AvgIpc) is 2.61. The van der Waals surface area contributed by atoms with Gasteiger partial charge in [0.2, 0.25) is 0 Å². The Hall–Kier alpha value is -1.71. The van der Waals surface area contributed by atoms with Crippen LogP contribution in [0.25, 0.3) is 11.1 Å². The molecule has 0 aliphatic heterocycles. The van der Waals surface area contributed by atoms with Crippen molar-refractivity contribution < 1.29 is 4.39 Å². The summed E-state index contributed by atoms with van der Waals surface area (Å²) in [5, 5.41) is 3.71. The summed E-state index contributed by atoms with van der Waals surface area (Å²) in [4.78, 5) is 2.35. The molecule has 3 rings (SSSR count). The molecule has 1 N–H and O–H groups in total. The zero-order valence-electron chi connectivity index (χ0n) is 14.6. The molecular weight excluding hydrogens is 299 g/mol. The molecule has 0 radical (unpaired) electrons. The molecule has 1 fully saturated rings. The van der Waals surface area contributed by atoms with E-state index in [1.54, 1.807) is 0 Å². The molecule has 2 aromatic rings. The second-order valence-electron chi connectivity index (χ2n) is 7.06. The molecule has 1 aliphatic carbocycles. The van der Waals surface area contributed by atoms with Crippen molar-refractivity contribution in [2.24, 2.45) is 0 Å². The van der Waals surface area contributed by atoms with Gasteiger partial charge in [-0.25, -0.2) is 4.39 Å². The number of halogens is 1. The molecule has 1 aliphatic rings. The van der Waals surface area contributed by atoms with E-state index in [1.807, 2.05) is 12.1 Å². The highest BCUT2D eigenvalue weighted by Crippen LogP contribution is 2.23. The summed E-state index contributed by atoms with van der Waals surface area (Å²) in [5.41, 5.74) is 3.49. The topological polar surface area (TPSA) is 15.3 Å². The third-order valence-corrected chi connectivity index (χ3v) is 5.13. The first-order valence-electron chi connectivity index (χ1n) is 8.86. The SMILES string of the molecule is CN(C)C1CCC(NCc2cccc(-c3ccc(F)cc3)c2)CC1. The number of rotatable bonds is 5. The molecule has 2 nitrogen and oxygen atoms in total. The molecule has 0 heterocycles. The lowest BCUT2D eigenvalue weighted by molar-refractivity contribution is 0.204. The predicted octanol–water partition coefficient (Wildman–Crippen LogP) is 4.46. The molecule has 0 spiro atoms. The van der Waals surface area contributed by atoms with Crippen LogP contribution in [0.5, 0.6) is 0 Å². The fourth-order valence-electron chi connectivity index (χ4n) is 3.56. The van der Waals surface area contributed by atoms with Crippen LogP contribution < -0.4 is 5.32 Å². The van der Waals surface area contributed by atoms with Gasteiger partial charge in [0.15, 0.2) is 0 Å². The van der Waals surface area contributed by atoms with Crippen molar-refractivity contribution in [2.45, 2.75) is 44.3 Å². The minimum atomic E-state index is -0.190. The minimum absolute atomic E-state index is 0.190. The van der Waals surface area contributed by atoms with Crippen molar-refractivity contribution in [3.63, 3.8) is 0 Å². The van der Waals surface area contributed by atoms with Crippen LogP contribution in [-0.2, 0) is 6.54 Å². The first kappa shape index (κ1) is 17.1. The van der Waals surface area contributed by atoms with Crippen molar-refractivity contribution >= 4 is 0 Å². The van der Waals surface area contributed by atoms with Gasteiger partial charge < -0.3 is 10.2 Å². The first-order valence-corrected chi connectivity index (χ1v) is 8.86. The van der Waals surface area contributed by atoms with E-state index in [4.69, 9.17) is 0 Å². The van der Waals surface area contributed by atoms with Gasteiger partial charge in [0.05, 0.1) is 0 Å². The molecule has 0 bridgehead atoms. The lowest BCUT2D eigenvalue weighted by Gasteiger charge is -2.33. The maximum Gasteiger partial charge on any atom is 0.123 e. The van der Waals surface area contributed by atoms with Gasteiger partial charge in [0, 0.05) is 18.6 Å². The molecule has 24 heavy (non-hydrogen) atoms. The smallest absolute Gasteiger partial charge is 0.123 e. The molecule has 0 saturated heterocycles. The quantitative estimate of drug-likeness (QED) is 0.873. The number of benzene rings is 2. The normalized spacial score (nSPS) is 21.2. The molecule has 0 amide bonds. The average molecular weight is 326 g/mol. The summed E-state index contributed by atoms with van der Waals surface area (Å²) in [7, 11) is 4.36. The summed E-state index contributed by atoms with van der Waals surface area (Å²) in [6.45, 7) is 0.895. The van der Waals surface area contributed by atoms with Crippen molar-refractivity contribution in [1.29, 1.82) is 0 Å². The molecule has 0 aromatic heterocycles. The Morgan fingerprint density at radius 2 is 1.67 bits per heavy atom. The first-order chi connectivity index (χ1) is 11.6. The summed E-state index contributed by atoms with van der Waals surface area (Å²) in [5.74, 6) is -0.190. The Bertz CT molecular complexity index is 643. The summed E-state index contributed by atoms with van der Waals surface area (Å²) in [6, 6.07) is 16.6. The van der Waals surface area contributed by atoms with Crippen molar-refractivity contribution in [3.8, 4) is 11.1 Å². The molecular formula is C21H27FN2. The standard InChI is InChI=1S/C21H27FN2/c1-24(2)21-12-10-20(11-13-21)23-15-16-4-3-5-18(14-16)17-6-8-19(22)9-7-17/h3-9,14,20-21,23H,10-13,15H2,1-2H3. The third kappa shape index (κ3) is 4.43. The summed E-state index contributed by atoms with van der Waals surface area (Å²) >= 11 is 0. The fraction of sp³-hybridized carbons (Fsp3) is 0.429. The number of hydrogen-bond acceptors (Lipinski definition) is 2. The zero-order chi connectivity index (χ0) is 16.9. The van der Waals surface area contributed by atoms with Crippen LogP contribution in [0.4, 0.5) is 4.39 Å². The van der Waals surface area contributed by atoms with E-state index in [0.29, 0.717) is 6.04 Å². The molecule has 2 aromatic carbocycles. The van der Waals surface area contributed by atoms with Crippen molar-refractivity contribution in [1.82, 2.24) is 10.2 Å². The van der Waals surface area contributed by atoms with E-state index in [9.17, 15) is 4.39 Å². The van der Waals surface area contributed by atoms with E-state index < -0.39 is 0 Å². The fourth-order valence-corrected chi connectivity index (χ4v) is 3.56. The predicted molar refractivity (Wildman–Crippen MR) is 98.4 cm³/mol. The van der Waals surface area contributed by atoms with Crippen LogP contribution in [0.3, 0.4) is 0 Å². The molecule has 0 unspecified atom stereocenters. The van der Waals surface area contributed by atoms with E-state index in [2.05, 4.69) is 48.6 Å². The van der Waals surface area contributed by atoms with Gasteiger partial charge in [0.25, 0.3) is 0 Å². The van der Waals surface area contributed by atoms with Gasteiger partial charge >= 0.3 is 0 Å². The van der Waals surface area contributed by atoms with Crippen LogP contribution in [0.15, 0.2) is 48.5 Å². The van der Waals surface area contributed by atoms with Crippen LogP contribution in [-0.4, -0.2) is 31.1 Å². The third-order valence-electron chi connectivity index (χ3n) is 5.13. The number of nitrogens with one attached hydrogen (secondary N) is 1. The van der Waals surface area contributed by atoms with E-state index >= 15 is 0 Å². The maximum atomic E-state index is 13.1. The van der Waals surface area contributed by atoms with E-state index in [1.165, 1.54) is 43.4 Å². The molecule has 128 valence electrons. The van der Waals surface area contributed by atoms with Gasteiger partial charge in [-0.1, -0.05) is 30.3 Å². The summed E-state index contributed by atoms with van der Waals surface area (Å²) in [6.07, 6.45) is 5.06. The summed E-state index contributed by atoms with van der Waals surface area (Å²) < 4.78 is 13.1.